The Bertz CT molecular complexity index is 1380. The van der Waals surface area contributed by atoms with Crippen molar-refractivity contribution in [2.24, 2.45) is 50.7 Å². The highest BCUT2D eigenvalue weighted by Crippen LogP contribution is 2.76. The Morgan fingerprint density at radius 2 is 1.62 bits per heavy atom. The number of rotatable bonds is 4. The second-order valence-electron chi connectivity index (χ2n) is 15.2. The summed E-state index contributed by atoms with van der Waals surface area (Å²) in [5, 5.41) is 0. The minimum atomic E-state index is -5.77. The van der Waals surface area contributed by atoms with Gasteiger partial charge in [0, 0.05) is 11.8 Å². The van der Waals surface area contributed by atoms with E-state index in [1.54, 1.807) is 19.9 Å². The average molecular weight is 615 g/mol. The summed E-state index contributed by atoms with van der Waals surface area (Å²) >= 11 is 0. The minimum absolute atomic E-state index is 0.00385. The molecule has 0 N–H and O–H groups in total. The number of fused-ring (bicyclic) bond motifs is 7. The number of hydrogen-bond acceptors (Lipinski definition) is 6. The van der Waals surface area contributed by atoms with Gasteiger partial charge in [-0.2, -0.15) is 21.6 Å². The Morgan fingerprint density at radius 1 is 0.976 bits per heavy atom. The largest absolute Gasteiger partial charge is 0.534 e. The number of ketones is 1. The Morgan fingerprint density at radius 3 is 2.19 bits per heavy atom. The highest BCUT2D eigenvalue weighted by molar-refractivity contribution is 7.87. The van der Waals surface area contributed by atoms with E-state index in [4.69, 9.17) is 8.92 Å². The number of methoxy groups -OCH3 is 1. The van der Waals surface area contributed by atoms with Gasteiger partial charge in [-0.3, -0.25) is 9.59 Å². The molecule has 0 aromatic heterocycles. The fourth-order valence-electron chi connectivity index (χ4n) is 10.9. The van der Waals surface area contributed by atoms with Crippen LogP contribution in [0.2, 0.25) is 0 Å². The lowest BCUT2D eigenvalue weighted by Crippen LogP contribution is -2.64. The molecule has 42 heavy (non-hydrogen) atoms. The van der Waals surface area contributed by atoms with Crippen LogP contribution in [0.15, 0.2) is 23.0 Å². The molecule has 0 radical (unpaired) electrons. The van der Waals surface area contributed by atoms with Crippen LogP contribution in [0.5, 0.6) is 0 Å². The number of ether oxygens (including phenoxy) is 1. The molecule has 5 aliphatic rings. The van der Waals surface area contributed by atoms with Crippen molar-refractivity contribution in [1.82, 2.24) is 0 Å². The average Bonchev–Trinajstić information content (AvgIpc) is 3.18. The molecule has 0 saturated heterocycles. The molecule has 0 amide bonds. The topological polar surface area (TPSA) is 86.7 Å². The Labute approximate surface area is 248 Å². The van der Waals surface area contributed by atoms with Gasteiger partial charge >= 0.3 is 21.6 Å². The number of carbonyl (C=O) groups excluding carboxylic acids is 2. The second kappa shape index (κ2) is 9.33. The summed E-state index contributed by atoms with van der Waals surface area (Å²) in [6.45, 7) is 14.5. The zero-order chi connectivity index (χ0) is 31.5. The number of halogens is 3. The summed E-state index contributed by atoms with van der Waals surface area (Å²) in [5.41, 5.74) is -6.16. The molecule has 5 rings (SSSR count). The van der Waals surface area contributed by atoms with E-state index in [0.717, 1.165) is 36.8 Å². The summed E-state index contributed by atoms with van der Waals surface area (Å²) in [7, 11) is -4.37. The molecule has 6 nitrogen and oxygen atoms in total. The van der Waals surface area contributed by atoms with Gasteiger partial charge in [0.1, 0.15) is 5.76 Å². The predicted octanol–water partition coefficient (Wildman–Crippen LogP) is 7.50. The lowest BCUT2D eigenvalue weighted by Gasteiger charge is -2.71. The summed E-state index contributed by atoms with van der Waals surface area (Å²) in [6, 6.07) is 0. The summed E-state index contributed by atoms with van der Waals surface area (Å²) in [5.74, 6) is -0.197. The molecular formula is C32H45F3O6S. The third-order valence-corrected chi connectivity index (χ3v) is 14.0. The van der Waals surface area contributed by atoms with Gasteiger partial charge in [0.05, 0.1) is 12.5 Å². The molecule has 3 fully saturated rings. The smallest absolute Gasteiger partial charge is 0.468 e. The van der Waals surface area contributed by atoms with Crippen LogP contribution in [0, 0.1) is 50.7 Å². The lowest BCUT2D eigenvalue weighted by atomic mass is 9.33. The van der Waals surface area contributed by atoms with Crippen LogP contribution < -0.4 is 0 Å². The Kier molecular flexibility index (Phi) is 7.02. The molecule has 0 heterocycles. The van der Waals surface area contributed by atoms with E-state index >= 15 is 0 Å². The van der Waals surface area contributed by atoms with Crippen LogP contribution in [-0.2, 0) is 28.6 Å². The van der Waals surface area contributed by atoms with Gasteiger partial charge in [0.2, 0.25) is 0 Å². The summed E-state index contributed by atoms with van der Waals surface area (Å²) in [4.78, 5) is 26.8. The number of carbonyl (C=O) groups is 2. The standard InChI is InChI=1S/C32H45F3O6S/c1-18(2)24-20(36)17-31(26(37)40-8)16-15-29(6)19(25(24)31)9-10-22-28(5)13-12-23(41-42(38,39)32(33,34)35)27(3,4)21(28)11-14-30(22,29)7/h12,18-19,21-22H,9-11,13-17H2,1-8H3/t19?,21?,22?,28-,29+,30+,31+/m0/s1. The third-order valence-electron chi connectivity index (χ3n) is 13.0. The molecule has 3 saturated carbocycles. The SMILES string of the molecule is COC(=O)[C@@]12CC[C@]3(C)C(CCC4[C@@]5(C)CC=C(OS(=O)(=O)C(F)(F)F)C(C)(C)C5CC[C@]43C)C1=C(C(C)C)C(=O)C2. The predicted molar refractivity (Wildman–Crippen MR) is 151 cm³/mol. The van der Waals surface area contributed by atoms with Crippen molar-refractivity contribution < 1.29 is 40.1 Å². The highest BCUT2D eigenvalue weighted by Gasteiger charge is 2.71. The lowest BCUT2D eigenvalue weighted by molar-refractivity contribution is -0.204. The Hall–Kier alpha value is -1.84. The maximum atomic E-state index is 13.5. The fourth-order valence-corrected chi connectivity index (χ4v) is 11.6. The zero-order valence-corrected chi connectivity index (χ0v) is 26.9. The molecule has 0 aromatic rings. The fraction of sp³-hybridized carbons (Fsp3) is 0.812. The minimum Gasteiger partial charge on any atom is -0.468 e. The van der Waals surface area contributed by atoms with Crippen molar-refractivity contribution in [1.29, 1.82) is 0 Å². The van der Waals surface area contributed by atoms with E-state index in [1.165, 1.54) is 7.11 Å². The molecule has 0 spiro atoms. The quantitative estimate of drug-likeness (QED) is 0.185. The van der Waals surface area contributed by atoms with Crippen LogP contribution in [0.3, 0.4) is 0 Å². The van der Waals surface area contributed by atoms with Crippen LogP contribution in [-0.4, -0.2) is 32.8 Å². The van der Waals surface area contributed by atoms with E-state index < -0.39 is 26.5 Å². The van der Waals surface area contributed by atoms with Gasteiger partial charge in [-0.15, -0.1) is 0 Å². The van der Waals surface area contributed by atoms with Gasteiger partial charge < -0.3 is 8.92 Å². The number of Topliss-reactive ketones (excluding diaryl/α,β-unsaturated/α-hetero) is 1. The number of allylic oxidation sites excluding steroid dienone is 3. The first kappa shape index (κ1) is 31.6. The van der Waals surface area contributed by atoms with E-state index in [2.05, 4.69) is 20.8 Å². The number of esters is 1. The van der Waals surface area contributed by atoms with Gasteiger partial charge in [0.15, 0.2) is 5.78 Å². The number of hydrogen-bond donors (Lipinski definition) is 0. The normalized spacial score (nSPS) is 41.4. The van der Waals surface area contributed by atoms with Gasteiger partial charge in [0.25, 0.3) is 0 Å². The molecule has 236 valence electrons. The van der Waals surface area contributed by atoms with E-state index in [0.29, 0.717) is 19.3 Å². The molecule has 10 heteroatoms. The van der Waals surface area contributed by atoms with Crippen molar-refractivity contribution in [3.63, 3.8) is 0 Å². The molecule has 5 aliphatic carbocycles. The molecule has 0 aliphatic heterocycles. The van der Waals surface area contributed by atoms with Gasteiger partial charge in [-0.1, -0.05) is 48.5 Å². The molecule has 3 unspecified atom stereocenters. The second-order valence-corrected chi connectivity index (χ2v) is 16.8. The van der Waals surface area contributed by atoms with Crippen molar-refractivity contribution in [2.75, 3.05) is 7.11 Å². The highest BCUT2D eigenvalue weighted by atomic mass is 32.2. The van der Waals surface area contributed by atoms with E-state index in [-0.39, 0.29) is 63.8 Å². The van der Waals surface area contributed by atoms with E-state index in [9.17, 15) is 31.2 Å². The maximum absolute atomic E-state index is 13.5. The van der Waals surface area contributed by atoms with Crippen LogP contribution in [0.4, 0.5) is 13.2 Å². The molecular weight excluding hydrogens is 569 g/mol. The summed E-state index contributed by atoms with van der Waals surface area (Å²) in [6.07, 6.45) is 6.72. The first-order chi connectivity index (χ1) is 19.1. The molecule has 7 atom stereocenters. The first-order valence-electron chi connectivity index (χ1n) is 15.2. The van der Waals surface area contributed by atoms with Crippen molar-refractivity contribution in [3.8, 4) is 0 Å². The van der Waals surface area contributed by atoms with Crippen LogP contribution in [0.25, 0.3) is 0 Å². The van der Waals surface area contributed by atoms with Gasteiger partial charge in [-0.05, 0) is 102 Å². The molecule has 0 bridgehead atoms. The molecule has 0 aromatic carbocycles. The van der Waals surface area contributed by atoms with Gasteiger partial charge in [-0.25, -0.2) is 0 Å². The third kappa shape index (κ3) is 3.91. The van der Waals surface area contributed by atoms with E-state index in [1.807, 2.05) is 13.8 Å². The number of alkyl halides is 3. The maximum Gasteiger partial charge on any atom is 0.534 e. The zero-order valence-electron chi connectivity index (χ0n) is 26.0. The van der Waals surface area contributed by atoms with Crippen molar-refractivity contribution >= 4 is 21.9 Å². The van der Waals surface area contributed by atoms with Crippen molar-refractivity contribution in [3.05, 3.63) is 23.0 Å². The monoisotopic (exact) mass is 614 g/mol. The van der Waals surface area contributed by atoms with Crippen LogP contribution >= 0.6 is 0 Å². The first-order valence-corrected chi connectivity index (χ1v) is 16.6. The summed E-state index contributed by atoms with van der Waals surface area (Å²) < 4.78 is 73.7. The Balaban J connectivity index is 1.57. The van der Waals surface area contributed by atoms with Crippen molar-refractivity contribution in [2.45, 2.75) is 105 Å². The van der Waals surface area contributed by atoms with Crippen LogP contribution in [0.1, 0.15) is 99.8 Å².